The van der Waals surface area contributed by atoms with Gasteiger partial charge in [0.1, 0.15) is 6.04 Å². The Balaban J connectivity index is 2.68. The molecular weight excluding hydrogens is 220 g/mol. The van der Waals surface area contributed by atoms with E-state index in [1.807, 2.05) is 0 Å². The van der Waals surface area contributed by atoms with Crippen molar-refractivity contribution in [2.45, 2.75) is 52.1 Å². The van der Waals surface area contributed by atoms with E-state index in [9.17, 15) is 9.59 Å². The molecule has 1 saturated carbocycles. The molecule has 0 radical (unpaired) electrons. The average Bonchev–Trinajstić information content (AvgIpc) is 2.58. The highest BCUT2D eigenvalue weighted by Crippen LogP contribution is 2.26. The van der Waals surface area contributed by atoms with Crippen molar-refractivity contribution in [2.24, 2.45) is 17.1 Å². The Morgan fingerprint density at radius 3 is 2.29 bits per heavy atom. The van der Waals surface area contributed by atoms with Gasteiger partial charge in [-0.15, -0.1) is 0 Å². The van der Waals surface area contributed by atoms with Crippen LogP contribution in [0.2, 0.25) is 0 Å². The summed E-state index contributed by atoms with van der Waals surface area (Å²) < 4.78 is 0. The van der Waals surface area contributed by atoms with Crippen molar-refractivity contribution < 1.29 is 14.7 Å². The molecule has 1 aliphatic rings. The molecule has 0 bridgehead atoms. The Morgan fingerprint density at radius 2 is 1.94 bits per heavy atom. The number of aliphatic carboxylic acids is 1. The first kappa shape index (κ1) is 14.0. The summed E-state index contributed by atoms with van der Waals surface area (Å²) in [5.41, 5.74) is 5.32. The Bertz CT molecular complexity index is 309. The minimum Gasteiger partial charge on any atom is -0.480 e. The number of nitrogens with one attached hydrogen (secondary N) is 1. The molecule has 0 saturated heterocycles. The van der Waals surface area contributed by atoms with Gasteiger partial charge in [-0.1, -0.05) is 27.2 Å². The standard InChI is InChI=1S/C12H22N2O3/c1-12(2,3)9(11(16)17)14-10(15)7-5-4-6-8(7)13/h7-9H,4-6,13H2,1-3H3,(H,14,15)(H,16,17)/t7?,8?,9-/m0/s1. The molecule has 0 aromatic carbocycles. The SMILES string of the molecule is CC(C)(C)[C@@H](NC(=O)C1CCCC1N)C(=O)O. The highest BCUT2D eigenvalue weighted by molar-refractivity contribution is 5.86. The lowest BCUT2D eigenvalue weighted by Crippen LogP contribution is -2.52. The van der Waals surface area contributed by atoms with E-state index < -0.39 is 17.4 Å². The largest absolute Gasteiger partial charge is 0.480 e. The molecular formula is C12H22N2O3. The maximum absolute atomic E-state index is 12.0. The molecule has 4 N–H and O–H groups in total. The summed E-state index contributed by atoms with van der Waals surface area (Å²) in [5, 5.41) is 11.7. The maximum Gasteiger partial charge on any atom is 0.326 e. The smallest absolute Gasteiger partial charge is 0.326 e. The van der Waals surface area contributed by atoms with Crippen molar-refractivity contribution in [3.05, 3.63) is 0 Å². The molecule has 5 nitrogen and oxygen atoms in total. The van der Waals surface area contributed by atoms with Crippen LogP contribution in [0.3, 0.4) is 0 Å². The first-order valence-corrected chi connectivity index (χ1v) is 6.02. The zero-order chi connectivity index (χ0) is 13.2. The molecule has 0 heterocycles. The number of carboxylic acids is 1. The summed E-state index contributed by atoms with van der Waals surface area (Å²) in [6.45, 7) is 5.38. The molecule has 0 aliphatic heterocycles. The Hall–Kier alpha value is -1.10. The summed E-state index contributed by atoms with van der Waals surface area (Å²) in [5.74, 6) is -1.46. The molecule has 5 heteroatoms. The number of nitrogens with two attached hydrogens (primary N) is 1. The van der Waals surface area contributed by atoms with Gasteiger partial charge < -0.3 is 16.2 Å². The first-order valence-electron chi connectivity index (χ1n) is 6.02. The quantitative estimate of drug-likeness (QED) is 0.680. The molecule has 1 aliphatic carbocycles. The predicted octanol–water partition coefficient (Wildman–Crippen LogP) is 0.729. The fourth-order valence-electron chi connectivity index (χ4n) is 2.21. The maximum atomic E-state index is 12.0. The molecule has 2 unspecified atom stereocenters. The summed E-state index contributed by atoms with van der Waals surface area (Å²) in [6.07, 6.45) is 2.53. The second-order valence-electron chi connectivity index (χ2n) is 5.85. The molecule has 0 aromatic heterocycles. The summed E-state index contributed by atoms with van der Waals surface area (Å²) in [4.78, 5) is 23.1. The minimum absolute atomic E-state index is 0.135. The monoisotopic (exact) mass is 242 g/mol. The normalized spacial score (nSPS) is 26.6. The molecule has 1 rings (SSSR count). The lowest BCUT2D eigenvalue weighted by molar-refractivity contribution is -0.145. The number of carboxylic acid groups (broad SMARTS) is 1. The zero-order valence-corrected chi connectivity index (χ0v) is 10.7. The van der Waals surface area contributed by atoms with E-state index in [0.717, 1.165) is 19.3 Å². The third-order valence-electron chi connectivity index (χ3n) is 3.31. The molecule has 17 heavy (non-hydrogen) atoms. The van der Waals surface area contributed by atoms with Gasteiger partial charge in [0.15, 0.2) is 0 Å². The van der Waals surface area contributed by atoms with Crippen LogP contribution in [0, 0.1) is 11.3 Å². The zero-order valence-electron chi connectivity index (χ0n) is 10.7. The van der Waals surface area contributed by atoms with Crippen molar-refractivity contribution in [1.29, 1.82) is 0 Å². The third kappa shape index (κ3) is 3.43. The summed E-state index contributed by atoms with van der Waals surface area (Å²) in [7, 11) is 0. The van der Waals surface area contributed by atoms with Crippen LogP contribution in [-0.2, 0) is 9.59 Å². The second kappa shape index (κ2) is 5.04. The van der Waals surface area contributed by atoms with Crippen LogP contribution in [0.25, 0.3) is 0 Å². The molecule has 1 fully saturated rings. The van der Waals surface area contributed by atoms with Gasteiger partial charge in [0.2, 0.25) is 5.91 Å². The van der Waals surface area contributed by atoms with Crippen molar-refractivity contribution in [3.8, 4) is 0 Å². The van der Waals surface area contributed by atoms with Gasteiger partial charge in [0, 0.05) is 6.04 Å². The van der Waals surface area contributed by atoms with Crippen molar-refractivity contribution in [1.82, 2.24) is 5.32 Å². The van der Waals surface area contributed by atoms with Crippen LogP contribution in [0.1, 0.15) is 40.0 Å². The van der Waals surface area contributed by atoms with E-state index in [1.165, 1.54) is 0 Å². The molecule has 0 spiro atoms. The van der Waals surface area contributed by atoms with Crippen LogP contribution in [-0.4, -0.2) is 29.1 Å². The number of hydrogen-bond acceptors (Lipinski definition) is 3. The third-order valence-corrected chi connectivity index (χ3v) is 3.31. The highest BCUT2D eigenvalue weighted by atomic mass is 16.4. The first-order chi connectivity index (χ1) is 7.73. The van der Waals surface area contributed by atoms with E-state index in [4.69, 9.17) is 10.8 Å². The van der Waals surface area contributed by atoms with Gasteiger partial charge in [-0.25, -0.2) is 4.79 Å². The Kier molecular flexibility index (Phi) is 4.14. The van der Waals surface area contributed by atoms with E-state index in [2.05, 4.69) is 5.32 Å². The van der Waals surface area contributed by atoms with E-state index in [-0.39, 0.29) is 17.9 Å². The number of rotatable bonds is 3. The van der Waals surface area contributed by atoms with E-state index in [0.29, 0.717) is 0 Å². The van der Waals surface area contributed by atoms with E-state index >= 15 is 0 Å². The lowest BCUT2D eigenvalue weighted by atomic mass is 9.86. The predicted molar refractivity (Wildman–Crippen MR) is 64.3 cm³/mol. The van der Waals surface area contributed by atoms with Gasteiger partial charge >= 0.3 is 5.97 Å². The molecule has 98 valence electrons. The van der Waals surface area contributed by atoms with Crippen LogP contribution in [0.4, 0.5) is 0 Å². The Morgan fingerprint density at radius 1 is 1.35 bits per heavy atom. The van der Waals surface area contributed by atoms with Crippen molar-refractivity contribution in [3.63, 3.8) is 0 Å². The molecule has 0 aromatic rings. The number of amides is 1. The van der Waals surface area contributed by atoms with Gasteiger partial charge in [0.25, 0.3) is 0 Å². The van der Waals surface area contributed by atoms with Crippen LogP contribution >= 0.6 is 0 Å². The van der Waals surface area contributed by atoms with Crippen molar-refractivity contribution >= 4 is 11.9 Å². The summed E-state index contributed by atoms with van der Waals surface area (Å²) in [6, 6.07) is -1.01. The number of carbonyl (C=O) groups excluding carboxylic acids is 1. The molecule has 3 atom stereocenters. The van der Waals surface area contributed by atoms with E-state index in [1.54, 1.807) is 20.8 Å². The topological polar surface area (TPSA) is 92.4 Å². The Labute approximate surface area is 102 Å². The average molecular weight is 242 g/mol. The number of hydrogen-bond donors (Lipinski definition) is 3. The molecule has 1 amide bonds. The summed E-state index contributed by atoms with van der Waals surface area (Å²) >= 11 is 0. The van der Waals surface area contributed by atoms with Gasteiger partial charge in [-0.3, -0.25) is 4.79 Å². The van der Waals surface area contributed by atoms with Crippen LogP contribution < -0.4 is 11.1 Å². The number of carbonyl (C=O) groups is 2. The minimum atomic E-state index is -1.00. The van der Waals surface area contributed by atoms with Gasteiger partial charge in [0.05, 0.1) is 5.92 Å². The van der Waals surface area contributed by atoms with Gasteiger partial charge in [-0.2, -0.15) is 0 Å². The van der Waals surface area contributed by atoms with Crippen LogP contribution in [0.5, 0.6) is 0 Å². The van der Waals surface area contributed by atoms with Crippen molar-refractivity contribution in [2.75, 3.05) is 0 Å². The second-order valence-corrected chi connectivity index (χ2v) is 5.85. The highest BCUT2D eigenvalue weighted by Gasteiger charge is 2.37. The van der Waals surface area contributed by atoms with Gasteiger partial charge in [-0.05, 0) is 18.3 Å². The van der Waals surface area contributed by atoms with Crippen LogP contribution in [0.15, 0.2) is 0 Å². The fraction of sp³-hybridized carbons (Fsp3) is 0.833. The fourth-order valence-corrected chi connectivity index (χ4v) is 2.21. The lowest BCUT2D eigenvalue weighted by Gasteiger charge is -2.29.